The summed E-state index contributed by atoms with van der Waals surface area (Å²) in [6.45, 7) is 10.9. The number of morpholine rings is 1. The fraction of sp³-hybridized carbons (Fsp3) is 0.907. The lowest BCUT2D eigenvalue weighted by atomic mass is 10.0. The molecule has 0 bridgehead atoms. The van der Waals surface area contributed by atoms with Crippen LogP contribution in [-0.2, 0) is 52.3 Å². The highest BCUT2D eigenvalue weighted by molar-refractivity contribution is 5.70. The first-order valence-electron chi connectivity index (χ1n) is 27.5. The van der Waals surface area contributed by atoms with Gasteiger partial charge < -0.3 is 33.2 Å². The van der Waals surface area contributed by atoms with E-state index in [1.807, 2.05) is 0 Å². The van der Waals surface area contributed by atoms with Crippen molar-refractivity contribution in [2.45, 2.75) is 245 Å². The Bertz CT molecular complexity index is 1180. The van der Waals surface area contributed by atoms with Gasteiger partial charge in [-0.25, -0.2) is 4.79 Å². The van der Waals surface area contributed by atoms with Crippen molar-refractivity contribution in [3.05, 3.63) is 0 Å². The third-order valence-electron chi connectivity index (χ3n) is 12.4. The Morgan fingerprint density at radius 2 is 0.806 bits per heavy atom. The molecule has 0 saturated carbocycles. The first kappa shape index (κ1) is 62.1. The van der Waals surface area contributed by atoms with Gasteiger partial charge in [0.05, 0.1) is 32.3 Å². The average molecular weight is 954 g/mol. The number of hydrogen-bond donors (Lipinski definition) is 0. The van der Waals surface area contributed by atoms with Gasteiger partial charge in [-0.1, -0.05) is 149 Å². The van der Waals surface area contributed by atoms with Crippen LogP contribution in [0.25, 0.3) is 0 Å². The Balaban J connectivity index is 2.41. The third-order valence-corrected chi connectivity index (χ3v) is 12.4. The van der Waals surface area contributed by atoms with Crippen LogP contribution < -0.4 is 0 Å². The van der Waals surface area contributed by atoms with Crippen molar-refractivity contribution in [1.29, 1.82) is 0 Å². The molecule has 1 aliphatic heterocycles. The fourth-order valence-electron chi connectivity index (χ4n) is 8.12. The summed E-state index contributed by atoms with van der Waals surface area (Å²) < 4.78 is 38.4. The number of rotatable bonds is 47. The van der Waals surface area contributed by atoms with Crippen LogP contribution in [0, 0.1) is 5.92 Å². The monoisotopic (exact) mass is 954 g/mol. The number of ether oxygens (including phenoxy) is 7. The molecule has 0 radical (unpaired) electrons. The second-order valence-corrected chi connectivity index (χ2v) is 18.8. The molecular formula is C54H99NO12. The van der Waals surface area contributed by atoms with Gasteiger partial charge in [0.15, 0.2) is 0 Å². The van der Waals surface area contributed by atoms with E-state index in [4.69, 9.17) is 33.2 Å². The average Bonchev–Trinajstić information content (AvgIpc) is 3.32. The zero-order valence-electron chi connectivity index (χ0n) is 43.1. The Labute approximate surface area is 407 Å². The molecule has 67 heavy (non-hydrogen) atoms. The lowest BCUT2D eigenvalue weighted by molar-refractivity contribution is -0.151. The van der Waals surface area contributed by atoms with Crippen LogP contribution in [0.15, 0.2) is 0 Å². The van der Waals surface area contributed by atoms with Crippen LogP contribution in [0.3, 0.4) is 0 Å². The molecule has 1 saturated heterocycles. The lowest BCUT2D eigenvalue weighted by Crippen LogP contribution is -2.37. The van der Waals surface area contributed by atoms with E-state index >= 15 is 0 Å². The zero-order valence-corrected chi connectivity index (χ0v) is 43.1. The highest BCUT2D eigenvalue weighted by Crippen LogP contribution is 2.19. The summed E-state index contributed by atoms with van der Waals surface area (Å²) in [5.74, 6) is -1.67. The van der Waals surface area contributed by atoms with Crippen LogP contribution in [0.2, 0.25) is 0 Å². The molecule has 13 nitrogen and oxygen atoms in total. The van der Waals surface area contributed by atoms with Gasteiger partial charge in [0, 0.05) is 45.3 Å². The first-order valence-corrected chi connectivity index (χ1v) is 27.5. The number of carbonyl (C=O) groups is 5. The van der Waals surface area contributed by atoms with E-state index in [0.717, 1.165) is 71.0 Å². The number of nitrogens with zero attached hydrogens (tertiary/aromatic N) is 1. The molecule has 0 aromatic rings. The SMILES string of the molecule is CCCCCCCCCCOC(=O)CCCCCC(=O)OCC(COC(=O)CCCCCCC(=O)OC(CCCCCCCC)CCCCCCCC)COC(=O)OCCCN1CCOCC1. The molecule has 0 aliphatic carbocycles. The summed E-state index contributed by atoms with van der Waals surface area (Å²) in [7, 11) is 0. The minimum atomic E-state index is -0.823. The van der Waals surface area contributed by atoms with Crippen LogP contribution >= 0.6 is 0 Å². The first-order chi connectivity index (χ1) is 32.8. The number of unbranched alkanes of at least 4 members (excludes halogenated alkanes) is 22. The maximum Gasteiger partial charge on any atom is 0.508 e. The Morgan fingerprint density at radius 3 is 1.31 bits per heavy atom. The predicted octanol–water partition coefficient (Wildman–Crippen LogP) is 13.0. The Morgan fingerprint density at radius 1 is 0.418 bits per heavy atom. The van der Waals surface area contributed by atoms with E-state index in [-0.39, 0.29) is 63.3 Å². The zero-order chi connectivity index (χ0) is 48.7. The number of esters is 4. The second-order valence-electron chi connectivity index (χ2n) is 18.8. The van der Waals surface area contributed by atoms with Gasteiger partial charge in [-0.05, 0) is 64.2 Å². The summed E-state index contributed by atoms with van der Waals surface area (Å²) in [4.78, 5) is 64.9. The van der Waals surface area contributed by atoms with Crippen LogP contribution in [0.4, 0.5) is 4.79 Å². The van der Waals surface area contributed by atoms with Gasteiger partial charge in [0.1, 0.15) is 25.9 Å². The van der Waals surface area contributed by atoms with Crippen LogP contribution in [0.1, 0.15) is 239 Å². The summed E-state index contributed by atoms with van der Waals surface area (Å²) in [5.41, 5.74) is 0. The quantitative estimate of drug-likeness (QED) is 0.0323. The molecule has 1 fully saturated rings. The molecule has 0 aromatic heterocycles. The molecule has 1 heterocycles. The van der Waals surface area contributed by atoms with E-state index in [0.29, 0.717) is 71.2 Å². The van der Waals surface area contributed by atoms with Crippen molar-refractivity contribution in [2.24, 2.45) is 5.92 Å². The molecule has 0 amide bonds. The maximum atomic E-state index is 12.8. The smallest absolute Gasteiger partial charge is 0.466 e. The molecule has 0 spiro atoms. The van der Waals surface area contributed by atoms with Crippen molar-refractivity contribution >= 4 is 30.0 Å². The summed E-state index contributed by atoms with van der Waals surface area (Å²) >= 11 is 0. The summed E-state index contributed by atoms with van der Waals surface area (Å²) in [6, 6.07) is 0. The van der Waals surface area contributed by atoms with E-state index in [2.05, 4.69) is 25.7 Å². The van der Waals surface area contributed by atoms with Crippen LogP contribution in [-0.4, -0.2) is 107 Å². The fourth-order valence-corrected chi connectivity index (χ4v) is 8.12. The van der Waals surface area contributed by atoms with Gasteiger partial charge in [-0.15, -0.1) is 0 Å². The van der Waals surface area contributed by atoms with E-state index < -0.39 is 18.0 Å². The second kappa shape index (κ2) is 46.8. The molecule has 0 aromatic carbocycles. The minimum Gasteiger partial charge on any atom is -0.466 e. The number of hydrogen-bond acceptors (Lipinski definition) is 13. The van der Waals surface area contributed by atoms with E-state index in [9.17, 15) is 24.0 Å². The maximum absolute atomic E-state index is 12.8. The molecule has 392 valence electrons. The molecule has 13 heteroatoms. The molecule has 1 atom stereocenters. The highest BCUT2D eigenvalue weighted by atomic mass is 16.7. The van der Waals surface area contributed by atoms with Crippen molar-refractivity contribution in [3.63, 3.8) is 0 Å². The molecule has 1 unspecified atom stereocenters. The van der Waals surface area contributed by atoms with Crippen molar-refractivity contribution in [3.8, 4) is 0 Å². The standard InChI is InChI=1S/C54H99NO12/c1-4-7-10-13-16-17-22-30-41-62-50(56)34-28-23-29-36-52(58)65-46-48(47-66-54(60)63-42-31-38-55-39-43-61-44-40-55)45-64-51(57)35-26-20-21-27-37-53(59)67-49(32-24-18-14-11-8-5-2)33-25-19-15-12-9-6-3/h48-49H,4-47H2,1-3H3. The van der Waals surface area contributed by atoms with Crippen molar-refractivity contribution in [2.75, 3.05) is 65.9 Å². The van der Waals surface area contributed by atoms with Gasteiger partial charge in [0.2, 0.25) is 0 Å². The Hall–Kier alpha value is -2.93. The normalized spacial score (nSPS) is 13.3. The predicted molar refractivity (Wildman–Crippen MR) is 265 cm³/mol. The topological polar surface area (TPSA) is 153 Å². The molecular weight excluding hydrogens is 855 g/mol. The van der Waals surface area contributed by atoms with Gasteiger partial charge in [-0.2, -0.15) is 0 Å². The molecule has 1 aliphatic rings. The van der Waals surface area contributed by atoms with Gasteiger partial charge in [-0.3, -0.25) is 24.1 Å². The Kier molecular flexibility index (Phi) is 43.4. The lowest BCUT2D eigenvalue weighted by Gasteiger charge is -2.26. The van der Waals surface area contributed by atoms with Crippen molar-refractivity contribution < 1.29 is 57.1 Å². The largest absolute Gasteiger partial charge is 0.508 e. The number of carbonyl (C=O) groups excluding carboxylic acids is 5. The van der Waals surface area contributed by atoms with Gasteiger partial charge in [0.25, 0.3) is 0 Å². The van der Waals surface area contributed by atoms with E-state index in [1.165, 1.54) is 103 Å². The van der Waals surface area contributed by atoms with E-state index in [1.54, 1.807) is 0 Å². The molecule has 1 rings (SSSR count). The van der Waals surface area contributed by atoms with Gasteiger partial charge >= 0.3 is 30.0 Å². The summed E-state index contributed by atoms with van der Waals surface area (Å²) in [6.07, 6.45) is 31.9. The summed E-state index contributed by atoms with van der Waals surface area (Å²) in [5, 5.41) is 0. The molecule has 0 N–H and O–H groups in total. The van der Waals surface area contributed by atoms with Crippen LogP contribution in [0.5, 0.6) is 0 Å². The third kappa shape index (κ3) is 41.7. The minimum absolute atomic E-state index is 0.0105. The highest BCUT2D eigenvalue weighted by Gasteiger charge is 2.19. The van der Waals surface area contributed by atoms with Crippen molar-refractivity contribution in [1.82, 2.24) is 4.90 Å².